The molecule has 2 amide bonds. The van der Waals surface area contributed by atoms with E-state index in [2.05, 4.69) is 21.2 Å². The minimum Gasteiger partial charge on any atom is -0.486 e. The number of hydrogen-bond donors (Lipinski definition) is 1. The molecule has 1 atom stereocenters. The first kappa shape index (κ1) is 17.9. The molecule has 0 radical (unpaired) electrons. The Hall–Kier alpha value is -1.92. The average molecular weight is 426 g/mol. The highest BCUT2D eigenvalue weighted by Gasteiger charge is 2.20. The van der Waals surface area contributed by atoms with Crippen molar-refractivity contribution in [3.63, 3.8) is 0 Å². The van der Waals surface area contributed by atoms with Crippen LogP contribution in [0.3, 0.4) is 0 Å². The molecule has 0 bridgehead atoms. The van der Waals surface area contributed by atoms with E-state index in [4.69, 9.17) is 21.1 Å². The number of carbonyl (C=O) groups excluding carboxylic acids is 1. The Balaban J connectivity index is 1.74. The molecule has 25 heavy (non-hydrogen) atoms. The largest absolute Gasteiger partial charge is 0.486 e. The summed E-state index contributed by atoms with van der Waals surface area (Å²) in [6, 6.07) is 10.7. The van der Waals surface area contributed by atoms with Gasteiger partial charge in [-0.2, -0.15) is 0 Å². The molecule has 2 aromatic rings. The van der Waals surface area contributed by atoms with E-state index in [1.54, 1.807) is 24.1 Å². The quantitative estimate of drug-likeness (QED) is 0.744. The molecule has 1 N–H and O–H groups in total. The summed E-state index contributed by atoms with van der Waals surface area (Å²) in [5, 5.41) is 3.57. The molecule has 0 aliphatic carbocycles. The van der Waals surface area contributed by atoms with Crippen molar-refractivity contribution >= 4 is 39.2 Å². The predicted molar refractivity (Wildman–Crippen MR) is 102 cm³/mol. The summed E-state index contributed by atoms with van der Waals surface area (Å²) in [5.74, 6) is 1.29. The minimum absolute atomic E-state index is 0.103. The standard InChI is InChI=1S/C18H18BrClN2O3/c1-11(12-3-5-13(20)6-4-12)22(2)18(23)21-15-10-17-16(9-14(15)19)24-7-8-25-17/h3-6,9-11H,7-8H2,1-2H3,(H,21,23)/t11-/m0/s1. The minimum atomic E-state index is -0.222. The molecule has 1 heterocycles. The van der Waals surface area contributed by atoms with E-state index in [0.29, 0.717) is 35.4 Å². The van der Waals surface area contributed by atoms with Gasteiger partial charge >= 0.3 is 6.03 Å². The van der Waals surface area contributed by atoms with Crippen LogP contribution in [0.5, 0.6) is 11.5 Å². The van der Waals surface area contributed by atoms with Crippen molar-refractivity contribution in [1.82, 2.24) is 4.90 Å². The molecule has 7 heteroatoms. The first-order chi connectivity index (χ1) is 12.0. The molecule has 1 aliphatic rings. The lowest BCUT2D eigenvalue weighted by molar-refractivity contribution is 0.171. The number of hydrogen-bond acceptors (Lipinski definition) is 3. The Labute approximate surface area is 160 Å². The maximum atomic E-state index is 12.6. The van der Waals surface area contributed by atoms with Crippen LogP contribution >= 0.6 is 27.5 Å². The van der Waals surface area contributed by atoms with E-state index < -0.39 is 0 Å². The summed E-state index contributed by atoms with van der Waals surface area (Å²) in [7, 11) is 1.75. The van der Waals surface area contributed by atoms with Gasteiger partial charge in [0, 0.05) is 28.7 Å². The van der Waals surface area contributed by atoms with Crippen molar-refractivity contribution in [3.8, 4) is 11.5 Å². The Kier molecular flexibility index (Phi) is 5.39. The van der Waals surface area contributed by atoms with E-state index in [0.717, 1.165) is 10.0 Å². The maximum absolute atomic E-state index is 12.6. The summed E-state index contributed by atoms with van der Waals surface area (Å²) in [5.41, 5.74) is 1.63. The van der Waals surface area contributed by atoms with E-state index in [1.807, 2.05) is 31.2 Å². The summed E-state index contributed by atoms with van der Waals surface area (Å²) < 4.78 is 11.8. The lowest BCUT2D eigenvalue weighted by Crippen LogP contribution is -2.33. The molecule has 1 aliphatic heterocycles. The van der Waals surface area contributed by atoms with Gasteiger partial charge in [-0.1, -0.05) is 23.7 Å². The lowest BCUT2D eigenvalue weighted by atomic mass is 10.1. The SMILES string of the molecule is C[C@@H](c1ccc(Cl)cc1)N(C)C(=O)Nc1cc2c(cc1Br)OCCO2. The topological polar surface area (TPSA) is 50.8 Å². The van der Waals surface area contributed by atoms with Crippen LogP contribution < -0.4 is 14.8 Å². The number of nitrogens with zero attached hydrogens (tertiary/aromatic N) is 1. The third-order valence-electron chi connectivity index (χ3n) is 4.13. The van der Waals surface area contributed by atoms with Crippen molar-refractivity contribution in [1.29, 1.82) is 0 Å². The Morgan fingerprint density at radius 3 is 2.44 bits per heavy atom. The molecular formula is C18H18BrClN2O3. The van der Waals surface area contributed by atoms with Gasteiger partial charge in [0.2, 0.25) is 0 Å². The number of ether oxygens (including phenoxy) is 2. The highest BCUT2D eigenvalue weighted by Crippen LogP contribution is 2.38. The van der Waals surface area contributed by atoms with Gasteiger partial charge in [0.1, 0.15) is 13.2 Å². The molecule has 0 spiro atoms. The Bertz CT molecular complexity index is 783. The van der Waals surface area contributed by atoms with Crippen LogP contribution in [0.4, 0.5) is 10.5 Å². The fourth-order valence-corrected chi connectivity index (χ4v) is 3.05. The van der Waals surface area contributed by atoms with Crippen LogP contribution in [0.25, 0.3) is 0 Å². The Morgan fingerprint density at radius 2 is 1.80 bits per heavy atom. The second-order valence-corrected chi connectivity index (χ2v) is 7.04. The molecular weight excluding hydrogens is 408 g/mol. The number of halogens is 2. The zero-order chi connectivity index (χ0) is 18.0. The van der Waals surface area contributed by atoms with Gasteiger partial charge in [-0.3, -0.25) is 0 Å². The van der Waals surface area contributed by atoms with Gasteiger partial charge in [-0.15, -0.1) is 0 Å². The number of anilines is 1. The molecule has 0 fully saturated rings. The molecule has 0 unspecified atom stereocenters. The average Bonchev–Trinajstić information content (AvgIpc) is 2.61. The molecule has 2 aromatic carbocycles. The number of nitrogens with one attached hydrogen (secondary N) is 1. The highest BCUT2D eigenvalue weighted by molar-refractivity contribution is 9.10. The van der Waals surface area contributed by atoms with Gasteiger partial charge in [-0.05, 0) is 40.5 Å². The molecule has 3 rings (SSSR count). The van der Waals surface area contributed by atoms with Gasteiger partial charge in [0.25, 0.3) is 0 Å². The zero-order valence-corrected chi connectivity index (χ0v) is 16.2. The molecule has 0 aromatic heterocycles. The molecule has 0 saturated heterocycles. The summed E-state index contributed by atoms with van der Waals surface area (Å²) in [6.07, 6.45) is 0. The van der Waals surface area contributed by atoms with Gasteiger partial charge in [-0.25, -0.2) is 4.79 Å². The lowest BCUT2D eigenvalue weighted by Gasteiger charge is -2.26. The highest BCUT2D eigenvalue weighted by atomic mass is 79.9. The molecule has 132 valence electrons. The third kappa shape index (κ3) is 4.02. The normalized spacial score (nSPS) is 13.9. The van der Waals surface area contributed by atoms with Crippen LogP contribution in [-0.4, -0.2) is 31.2 Å². The number of fused-ring (bicyclic) bond motifs is 1. The number of carbonyl (C=O) groups is 1. The second kappa shape index (κ2) is 7.54. The summed E-state index contributed by atoms with van der Waals surface area (Å²) >= 11 is 9.38. The third-order valence-corrected chi connectivity index (χ3v) is 5.04. The van der Waals surface area contributed by atoms with Crippen molar-refractivity contribution in [3.05, 3.63) is 51.5 Å². The number of amides is 2. The first-order valence-corrected chi connectivity index (χ1v) is 9.01. The summed E-state index contributed by atoms with van der Waals surface area (Å²) in [6.45, 7) is 2.98. The van der Waals surface area contributed by atoms with Crippen molar-refractivity contribution < 1.29 is 14.3 Å². The monoisotopic (exact) mass is 424 g/mol. The first-order valence-electron chi connectivity index (χ1n) is 7.84. The molecule has 0 saturated carbocycles. The van der Waals surface area contributed by atoms with Crippen LogP contribution in [0.1, 0.15) is 18.5 Å². The van der Waals surface area contributed by atoms with Crippen molar-refractivity contribution in [2.75, 3.05) is 25.6 Å². The van der Waals surface area contributed by atoms with E-state index in [-0.39, 0.29) is 12.1 Å². The van der Waals surface area contributed by atoms with Crippen LogP contribution in [0.15, 0.2) is 40.9 Å². The van der Waals surface area contributed by atoms with Gasteiger partial charge in [0.05, 0.1) is 11.7 Å². The van der Waals surface area contributed by atoms with E-state index in [1.165, 1.54) is 0 Å². The zero-order valence-electron chi connectivity index (χ0n) is 13.9. The van der Waals surface area contributed by atoms with Crippen molar-refractivity contribution in [2.45, 2.75) is 13.0 Å². The fraction of sp³-hybridized carbons (Fsp3) is 0.278. The smallest absolute Gasteiger partial charge is 0.322 e. The number of rotatable bonds is 3. The predicted octanol–water partition coefficient (Wildman–Crippen LogP) is 5.10. The van der Waals surface area contributed by atoms with Gasteiger partial charge in [0.15, 0.2) is 11.5 Å². The van der Waals surface area contributed by atoms with Crippen molar-refractivity contribution in [2.24, 2.45) is 0 Å². The van der Waals surface area contributed by atoms with Gasteiger partial charge < -0.3 is 19.7 Å². The fourth-order valence-electron chi connectivity index (χ4n) is 2.50. The van der Waals surface area contributed by atoms with Crippen LogP contribution in [0, 0.1) is 0 Å². The second-order valence-electron chi connectivity index (χ2n) is 5.74. The van der Waals surface area contributed by atoms with E-state index >= 15 is 0 Å². The van der Waals surface area contributed by atoms with E-state index in [9.17, 15) is 4.79 Å². The van der Waals surface area contributed by atoms with Crippen LogP contribution in [-0.2, 0) is 0 Å². The summed E-state index contributed by atoms with van der Waals surface area (Å²) in [4.78, 5) is 14.2. The molecule has 5 nitrogen and oxygen atoms in total. The number of benzene rings is 2. The maximum Gasteiger partial charge on any atom is 0.322 e. The number of urea groups is 1. The van der Waals surface area contributed by atoms with Crippen LogP contribution in [0.2, 0.25) is 5.02 Å². The Morgan fingerprint density at radius 1 is 1.20 bits per heavy atom.